The molecule has 2 aromatic carbocycles. The number of methoxy groups -OCH3 is 1. The van der Waals surface area contributed by atoms with Gasteiger partial charge in [-0.2, -0.15) is 0 Å². The minimum absolute atomic E-state index is 0.0560. The van der Waals surface area contributed by atoms with Gasteiger partial charge in [0, 0.05) is 12.1 Å². The van der Waals surface area contributed by atoms with Gasteiger partial charge in [-0.15, -0.1) is 0 Å². The minimum Gasteiger partial charge on any atom is -0.495 e. The first-order valence-electron chi connectivity index (χ1n) is 9.17. The summed E-state index contributed by atoms with van der Waals surface area (Å²) < 4.78 is 32.4. The lowest BCUT2D eigenvalue weighted by atomic mass is 9.96. The molecule has 0 spiro atoms. The Labute approximate surface area is 167 Å². The Morgan fingerprint density at radius 3 is 2.32 bits per heavy atom. The van der Waals surface area contributed by atoms with Gasteiger partial charge in [-0.3, -0.25) is 4.79 Å². The Morgan fingerprint density at radius 1 is 1.07 bits per heavy atom. The van der Waals surface area contributed by atoms with Crippen molar-refractivity contribution in [3.8, 4) is 5.75 Å². The number of carbonyl (C=O) groups is 1. The number of rotatable bonds is 7. The third kappa shape index (κ3) is 4.72. The highest BCUT2D eigenvalue weighted by molar-refractivity contribution is 7.89. The third-order valence-corrected chi connectivity index (χ3v) is 6.31. The molecule has 2 rings (SSSR count). The average Bonchev–Trinajstić information content (AvgIpc) is 2.63. The lowest BCUT2D eigenvalue weighted by Crippen LogP contribution is -2.28. The van der Waals surface area contributed by atoms with E-state index in [4.69, 9.17) is 4.74 Å². The van der Waals surface area contributed by atoms with Crippen LogP contribution in [0.2, 0.25) is 0 Å². The molecule has 2 aromatic rings. The predicted molar refractivity (Wildman–Crippen MR) is 110 cm³/mol. The van der Waals surface area contributed by atoms with Crippen molar-refractivity contribution in [1.29, 1.82) is 0 Å². The minimum atomic E-state index is -3.76. The van der Waals surface area contributed by atoms with Crippen LogP contribution in [0.1, 0.15) is 52.5 Å². The van der Waals surface area contributed by atoms with Crippen molar-refractivity contribution >= 4 is 15.9 Å². The van der Waals surface area contributed by atoms with Crippen LogP contribution < -0.4 is 14.8 Å². The van der Waals surface area contributed by atoms with Crippen LogP contribution in [0.15, 0.2) is 35.2 Å². The molecule has 0 radical (unpaired) electrons. The van der Waals surface area contributed by atoms with E-state index in [2.05, 4.69) is 29.1 Å². The van der Waals surface area contributed by atoms with E-state index in [1.807, 2.05) is 20.8 Å². The van der Waals surface area contributed by atoms with E-state index in [0.717, 1.165) is 16.7 Å². The maximum absolute atomic E-state index is 12.8. The SMILES string of the molecule is CCNS(=O)(=O)c1cc(C(=O)N[C@@H](C)c2cc(C)c(C)cc2C)ccc1OC. The summed E-state index contributed by atoms with van der Waals surface area (Å²) in [4.78, 5) is 12.7. The fourth-order valence-corrected chi connectivity index (χ4v) is 4.34. The Balaban J connectivity index is 2.33. The second-order valence-electron chi connectivity index (χ2n) is 6.86. The first kappa shape index (κ1) is 21.9. The zero-order valence-corrected chi connectivity index (χ0v) is 18.0. The maximum Gasteiger partial charge on any atom is 0.251 e. The number of aryl methyl sites for hydroxylation is 3. The monoisotopic (exact) mass is 404 g/mol. The molecule has 152 valence electrons. The van der Waals surface area contributed by atoms with E-state index in [0.29, 0.717) is 0 Å². The van der Waals surface area contributed by atoms with Gasteiger partial charge in [0.1, 0.15) is 10.6 Å². The average molecular weight is 405 g/mol. The van der Waals surface area contributed by atoms with Crippen molar-refractivity contribution in [3.63, 3.8) is 0 Å². The van der Waals surface area contributed by atoms with Crippen molar-refractivity contribution in [2.45, 2.75) is 45.6 Å². The van der Waals surface area contributed by atoms with Crippen LogP contribution in [-0.4, -0.2) is 28.0 Å². The molecule has 0 aliphatic rings. The predicted octanol–water partition coefficient (Wildman–Crippen LogP) is 3.41. The smallest absolute Gasteiger partial charge is 0.251 e. The zero-order valence-electron chi connectivity index (χ0n) is 17.2. The standard InChI is InChI=1S/C21H28N2O4S/c1-7-22-28(25,26)20-12-17(8-9-19(20)27-6)21(24)23-16(5)18-11-14(3)13(2)10-15(18)4/h8-12,16,22H,7H2,1-6H3,(H,23,24)/t16-/m0/s1. The molecule has 6 nitrogen and oxygen atoms in total. The van der Waals surface area contributed by atoms with Crippen LogP contribution in [0, 0.1) is 20.8 Å². The summed E-state index contributed by atoms with van der Waals surface area (Å²) in [5, 5.41) is 2.95. The van der Waals surface area contributed by atoms with Gasteiger partial charge in [-0.1, -0.05) is 19.1 Å². The summed E-state index contributed by atoms with van der Waals surface area (Å²) in [7, 11) is -2.37. The molecule has 7 heteroatoms. The summed E-state index contributed by atoms with van der Waals surface area (Å²) in [6, 6.07) is 8.34. The third-order valence-electron chi connectivity index (χ3n) is 4.75. The van der Waals surface area contributed by atoms with Crippen LogP contribution in [0.25, 0.3) is 0 Å². The van der Waals surface area contributed by atoms with Crippen molar-refractivity contribution in [2.24, 2.45) is 0 Å². The van der Waals surface area contributed by atoms with E-state index >= 15 is 0 Å². The Hall–Kier alpha value is -2.38. The van der Waals surface area contributed by atoms with E-state index in [1.165, 1.54) is 24.8 Å². The zero-order chi connectivity index (χ0) is 21.1. The van der Waals surface area contributed by atoms with Gasteiger partial charge < -0.3 is 10.1 Å². The highest BCUT2D eigenvalue weighted by atomic mass is 32.2. The van der Waals surface area contributed by atoms with Crippen LogP contribution >= 0.6 is 0 Å². The second kappa shape index (κ2) is 8.75. The van der Waals surface area contributed by atoms with Crippen molar-refractivity contribution < 1.29 is 17.9 Å². The lowest BCUT2D eigenvalue weighted by Gasteiger charge is -2.19. The Bertz CT molecular complexity index is 984. The first-order valence-corrected chi connectivity index (χ1v) is 10.6. The fourth-order valence-electron chi connectivity index (χ4n) is 3.10. The van der Waals surface area contributed by atoms with Gasteiger partial charge >= 0.3 is 0 Å². The fraction of sp³-hybridized carbons (Fsp3) is 0.381. The van der Waals surface area contributed by atoms with E-state index in [-0.39, 0.29) is 34.7 Å². The largest absolute Gasteiger partial charge is 0.495 e. The molecule has 0 aliphatic heterocycles. The molecule has 1 atom stereocenters. The Kier molecular flexibility index (Phi) is 6.85. The number of benzene rings is 2. The number of carbonyl (C=O) groups excluding carboxylic acids is 1. The molecule has 0 saturated heterocycles. The highest BCUT2D eigenvalue weighted by Crippen LogP contribution is 2.26. The molecular formula is C21H28N2O4S. The molecule has 0 aliphatic carbocycles. The number of ether oxygens (including phenoxy) is 1. The molecule has 0 fully saturated rings. The Morgan fingerprint density at radius 2 is 1.71 bits per heavy atom. The normalized spacial score (nSPS) is 12.5. The van der Waals surface area contributed by atoms with Gasteiger partial charge in [0.15, 0.2) is 0 Å². The first-order chi connectivity index (χ1) is 13.1. The number of nitrogens with one attached hydrogen (secondary N) is 2. The molecule has 2 N–H and O–H groups in total. The molecule has 1 amide bonds. The molecule has 0 saturated carbocycles. The van der Waals surface area contributed by atoms with Crippen LogP contribution in [0.3, 0.4) is 0 Å². The number of amides is 1. The van der Waals surface area contributed by atoms with Crippen LogP contribution in [-0.2, 0) is 10.0 Å². The van der Waals surface area contributed by atoms with Crippen molar-refractivity contribution in [3.05, 3.63) is 58.1 Å². The maximum atomic E-state index is 12.8. The van der Waals surface area contributed by atoms with Gasteiger partial charge in [0.05, 0.1) is 13.2 Å². The lowest BCUT2D eigenvalue weighted by molar-refractivity contribution is 0.0939. The number of sulfonamides is 1. The van der Waals surface area contributed by atoms with Crippen molar-refractivity contribution in [1.82, 2.24) is 10.0 Å². The van der Waals surface area contributed by atoms with Gasteiger partial charge in [0.2, 0.25) is 10.0 Å². The quantitative estimate of drug-likeness (QED) is 0.741. The number of hydrogen-bond acceptors (Lipinski definition) is 4. The van der Waals surface area contributed by atoms with E-state index in [1.54, 1.807) is 13.0 Å². The van der Waals surface area contributed by atoms with Crippen LogP contribution in [0.5, 0.6) is 5.75 Å². The van der Waals surface area contributed by atoms with Gasteiger partial charge in [-0.25, -0.2) is 13.1 Å². The summed E-state index contributed by atoms with van der Waals surface area (Å²) in [5.41, 5.74) is 4.75. The summed E-state index contributed by atoms with van der Waals surface area (Å²) in [5.74, 6) is -0.156. The second-order valence-corrected chi connectivity index (χ2v) is 8.59. The topological polar surface area (TPSA) is 84.5 Å². The van der Waals surface area contributed by atoms with Crippen molar-refractivity contribution in [2.75, 3.05) is 13.7 Å². The van der Waals surface area contributed by atoms with Crippen LogP contribution in [0.4, 0.5) is 0 Å². The molecule has 0 heterocycles. The highest BCUT2D eigenvalue weighted by Gasteiger charge is 2.22. The number of hydrogen-bond donors (Lipinski definition) is 2. The molecule has 28 heavy (non-hydrogen) atoms. The van der Waals surface area contributed by atoms with E-state index in [9.17, 15) is 13.2 Å². The van der Waals surface area contributed by atoms with E-state index < -0.39 is 10.0 Å². The van der Waals surface area contributed by atoms with Gasteiger partial charge in [0.25, 0.3) is 5.91 Å². The summed E-state index contributed by atoms with van der Waals surface area (Å²) >= 11 is 0. The molecule has 0 aromatic heterocycles. The molecule has 0 unspecified atom stereocenters. The molecular weight excluding hydrogens is 376 g/mol. The molecule has 0 bridgehead atoms. The summed E-state index contributed by atoms with van der Waals surface area (Å²) in [6.07, 6.45) is 0. The summed E-state index contributed by atoms with van der Waals surface area (Å²) in [6.45, 7) is 9.94. The van der Waals surface area contributed by atoms with Gasteiger partial charge in [-0.05, 0) is 68.1 Å².